The maximum absolute atomic E-state index is 12.1. The molecule has 0 saturated carbocycles. The van der Waals surface area contributed by atoms with Gasteiger partial charge < -0.3 is 5.11 Å². The van der Waals surface area contributed by atoms with Crippen LogP contribution in [0.15, 0.2) is 30.5 Å². The normalized spacial score (nSPS) is 11.0. The number of aromatic nitrogens is 1. The first-order chi connectivity index (χ1) is 10.3. The van der Waals surface area contributed by atoms with Crippen molar-refractivity contribution in [3.8, 4) is 11.8 Å². The number of rotatable bonds is 4. The summed E-state index contributed by atoms with van der Waals surface area (Å²) in [5, 5.41) is 18.9. The predicted molar refractivity (Wildman–Crippen MR) is 83.3 cm³/mol. The average molecular weight is 358 g/mol. The van der Waals surface area contributed by atoms with E-state index in [-0.39, 0.29) is 27.2 Å². The van der Waals surface area contributed by atoms with Gasteiger partial charge in [0, 0.05) is 17.3 Å². The van der Waals surface area contributed by atoms with Gasteiger partial charge in [-0.15, -0.1) is 0 Å². The van der Waals surface area contributed by atoms with Crippen molar-refractivity contribution in [2.45, 2.75) is 5.75 Å². The van der Waals surface area contributed by atoms with Crippen LogP contribution in [0.5, 0.6) is 5.75 Å². The summed E-state index contributed by atoms with van der Waals surface area (Å²) >= 11 is 11.5. The molecule has 0 aliphatic heterocycles. The van der Waals surface area contributed by atoms with Gasteiger partial charge in [-0.2, -0.15) is 5.26 Å². The van der Waals surface area contributed by atoms with E-state index in [2.05, 4.69) is 9.71 Å². The Balaban J connectivity index is 2.25. The average Bonchev–Trinajstić information content (AvgIpc) is 2.40. The standard InChI is InChI=1S/C13H9Cl2N3O3S/c14-10-2-8(5-16)1-9(3-10)7-22(20,21)18-13-12(19)4-11(15)6-17-13/h1-4,6,19H,7H2,(H,17,18). The molecule has 2 aromatic rings. The number of halogens is 2. The second-order valence-electron chi connectivity index (χ2n) is 4.34. The third-order valence-corrected chi connectivity index (χ3v) is 4.17. The highest BCUT2D eigenvalue weighted by Gasteiger charge is 2.16. The minimum absolute atomic E-state index is 0.175. The Morgan fingerprint density at radius 1 is 1.23 bits per heavy atom. The fourth-order valence-electron chi connectivity index (χ4n) is 1.71. The second kappa shape index (κ2) is 6.40. The summed E-state index contributed by atoms with van der Waals surface area (Å²) in [6, 6.07) is 7.34. The summed E-state index contributed by atoms with van der Waals surface area (Å²) < 4.78 is 26.3. The van der Waals surface area contributed by atoms with Crippen molar-refractivity contribution >= 4 is 39.0 Å². The minimum atomic E-state index is -3.85. The highest BCUT2D eigenvalue weighted by Crippen LogP contribution is 2.25. The summed E-state index contributed by atoms with van der Waals surface area (Å²) in [4.78, 5) is 3.71. The highest BCUT2D eigenvalue weighted by atomic mass is 35.5. The molecule has 0 radical (unpaired) electrons. The van der Waals surface area contributed by atoms with Crippen molar-refractivity contribution in [1.82, 2.24) is 4.98 Å². The van der Waals surface area contributed by atoms with Gasteiger partial charge in [0.25, 0.3) is 0 Å². The van der Waals surface area contributed by atoms with E-state index < -0.39 is 15.8 Å². The number of anilines is 1. The zero-order chi connectivity index (χ0) is 16.3. The van der Waals surface area contributed by atoms with Gasteiger partial charge in [-0.1, -0.05) is 23.2 Å². The molecule has 0 aliphatic rings. The summed E-state index contributed by atoms with van der Waals surface area (Å²) in [6.45, 7) is 0. The van der Waals surface area contributed by atoms with Crippen LogP contribution in [0.2, 0.25) is 10.0 Å². The van der Waals surface area contributed by atoms with E-state index in [1.807, 2.05) is 6.07 Å². The fraction of sp³-hybridized carbons (Fsp3) is 0.0769. The van der Waals surface area contributed by atoms with Gasteiger partial charge in [0.1, 0.15) is 0 Å². The molecule has 1 heterocycles. The maximum Gasteiger partial charge on any atom is 0.238 e. The number of hydrogen-bond acceptors (Lipinski definition) is 5. The molecule has 22 heavy (non-hydrogen) atoms. The third-order valence-electron chi connectivity index (χ3n) is 2.53. The Morgan fingerprint density at radius 3 is 2.59 bits per heavy atom. The van der Waals surface area contributed by atoms with Crippen LogP contribution >= 0.6 is 23.2 Å². The maximum atomic E-state index is 12.1. The first kappa shape index (κ1) is 16.4. The van der Waals surface area contributed by atoms with E-state index in [9.17, 15) is 13.5 Å². The summed E-state index contributed by atoms with van der Waals surface area (Å²) in [7, 11) is -3.85. The Bertz CT molecular complexity index is 863. The lowest BCUT2D eigenvalue weighted by Gasteiger charge is -2.09. The van der Waals surface area contributed by atoms with E-state index >= 15 is 0 Å². The minimum Gasteiger partial charge on any atom is -0.504 e. The largest absolute Gasteiger partial charge is 0.504 e. The number of benzene rings is 1. The lowest BCUT2D eigenvalue weighted by molar-refractivity contribution is 0.475. The molecule has 0 atom stereocenters. The van der Waals surface area contributed by atoms with E-state index in [0.29, 0.717) is 5.56 Å². The molecule has 1 aromatic carbocycles. The topological polar surface area (TPSA) is 103 Å². The number of nitrogens with one attached hydrogen (secondary N) is 1. The predicted octanol–water partition coefficient (Wildman–Crippen LogP) is 2.91. The molecule has 2 rings (SSSR count). The van der Waals surface area contributed by atoms with Crippen LogP contribution in [0.4, 0.5) is 5.82 Å². The van der Waals surface area contributed by atoms with Gasteiger partial charge in [0.15, 0.2) is 11.6 Å². The zero-order valence-corrected chi connectivity index (χ0v) is 13.2. The molecular weight excluding hydrogens is 349 g/mol. The number of nitriles is 1. The van der Waals surface area contributed by atoms with E-state index in [1.54, 1.807) is 0 Å². The molecule has 2 N–H and O–H groups in total. The van der Waals surface area contributed by atoms with Crippen LogP contribution in [0, 0.1) is 11.3 Å². The van der Waals surface area contributed by atoms with Crippen LogP contribution < -0.4 is 4.72 Å². The smallest absolute Gasteiger partial charge is 0.238 e. The van der Waals surface area contributed by atoms with Crippen LogP contribution in [0.25, 0.3) is 0 Å². The summed E-state index contributed by atoms with van der Waals surface area (Å²) in [5.41, 5.74) is 0.593. The number of nitrogens with zero attached hydrogens (tertiary/aromatic N) is 2. The Hall–Kier alpha value is -2.01. The number of sulfonamides is 1. The first-order valence-electron chi connectivity index (χ1n) is 5.83. The molecule has 0 spiro atoms. The highest BCUT2D eigenvalue weighted by molar-refractivity contribution is 7.91. The van der Waals surface area contributed by atoms with Crippen LogP contribution in [-0.4, -0.2) is 18.5 Å². The van der Waals surface area contributed by atoms with Crippen molar-refractivity contribution in [3.63, 3.8) is 0 Å². The lowest BCUT2D eigenvalue weighted by Crippen LogP contribution is -2.16. The molecule has 0 fully saturated rings. The molecule has 9 heteroatoms. The number of pyridine rings is 1. The molecule has 1 aromatic heterocycles. The zero-order valence-electron chi connectivity index (χ0n) is 10.9. The first-order valence-corrected chi connectivity index (χ1v) is 8.24. The fourth-order valence-corrected chi connectivity index (χ4v) is 3.25. The van der Waals surface area contributed by atoms with Crippen molar-refractivity contribution in [3.05, 3.63) is 51.6 Å². The number of hydrogen-bond donors (Lipinski definition) is 2. The van der Waals surface area contributed by atoms with E-state index in [4.69, 9.17) is 28.5 Å². The molecule has 0 aliphatic carbocycles. The molecule has 114 valence electrons. The molecule has 0 unspecified atom stereocenters. The van der Waals surface area contributed by atoms with Crippen molar-refractivity contribution in [2.24, 2.45) is 0 Å². The van der Waals surface area contributed by atoms with Crippen molar-refractivity contribution < 1.29 is 13.5 Å². The SMILES string of the molecule is N#Cc1cc(Cl)cc(CS(=O)(=O)Nc2ncc(Cl)cc2O)c1. The third kappa shape index (κ3) is 4.24. The molecule has 0 amide bonds. The lowest BCUT2D eigenvalue weighted by atomic mass is 10.1. The van der Waals surface area contributed by atoms with E-state index in [1.165, 1.54) is 30.5 Å². The molecule has 0 bridgehead atoms. The summed E-state index contributed by atoms with van der Waals surface area (Å²) in [5.74, 6) is -1.04. The molecule has 6 nitrogen and oxygen atoms in total. The van der Waals surface area contributed by atoms with E-state index in [0.717, 1.165) is 0 Å². The Labute approximate surface area is 137 Å². The number of aromatic hydroxyl groups is 1. The Morgan fingerprint density at radius 2 is 1.95 bits per heavy atom. The van der Waals surface area contributed by atoms with Crippen LogP contribution in [-0.2, 0) is 15.8 Å². The Kier molecular flexibility index (Phi) is 4.76. The van der Waals surface area contributed by atoms with Crippen molar-refractivity contribution in [2.75, 3.05) is 4.72 Å². The van der Waals surface area contributed by atoms with Gasteiger partial charge in [-0.05, 0) is 23.8 Å². The monoisotopic (exact) mass is 357 g/mol. The van der Waals surface area contributed by atoms with Gasteiger partial charge >= 0.3 is 0 Å². The second-order valence-corrected chi connectivity index (χ2v) is 6.94. The molecular formula is C13H9Cl2N3O3S. The van der Waals surface area contributed by atoms with Crippen molar-refractivity contribution in [1.29, 1.82) is 5.26 Å². The van der Waals surface area contributed by atoms with Crippen LogP contribution in [0.1, 0.15) is 11.1 Å². The van der Waals surface area contributed by atoms with Gasteiger partial charge in [-0.3, -0.25) is 4.72 Å². The van der Waals surface area contributed by atoms with Crippen LogP contribution in [0.3, 0.4) is 0 Å². The summed E-state index contributed by atoms with van der Waals surface area (Å²) in [6.07, 6.45) is 1.20. The quantitative estimate of drug-likeness (QED) is 0.875. The van der Waals surface area contributed by atoms with Gasteiger partial charge in [0.05, 0.1) is 22.4 Å². The molecule has 0 saturated heterocycles. The van der Waals surface area contributed by atoms with Gasteiger partial charge in [-0.25, -0.2) is 13.4 Å². The van der Waals surface area contributed by atoms with Gasteiger partial charge in [0.2, 0.25) is 10.0 Å².